The van der Waals surface area contributed by atoms with E-state index in [4.69, 9.17) is 0 Å². The molecule has 0 amide bonds. The summed E-state index contributed by atoms with van der Waals surface area (Å²) in [7, 11) is 1.84. The van der Waals surface area contributed by atoms with Crippen molar-refractivity contribution in [1.29, 1.82) is 0 Å². The summed E-state index contributed by atoms with van der Waals surface area (Å²) in [5.74, 6) is 1.73. The zero-order valence-electron chi connectivity index (χ0n) is 18.3. The van der Waals surface area contributed by atoms with Gasteiger partial charge in [-0.2, -0.15) is 0 Å². The van der Waals surface area contributed by atoms with E-state index in [-0.39, 0.29) is 6.10 Å². The molecule has 2 aromatic rings. The molecule has 2 fully saturated rings. The van der Waals surface area contributed by atoms with Gasteiger partial charge in [0.1, 0.15) is 0 Å². The van der Waals surface area contributed by atoms with Crippen LogP contribution in [0, 0.1) is 0 Å². The van der Waals surface area contributed by atoms with E-state index in [2.05, 4.69) is 59.2 Å². The van der Waals surface area contributed by atoms with E-state index < -0.39 is 0 Å². The molecule has 2 saturated heterocycles. The molecule has 8 heteroatoms. The number of benzene rings is 1. The van der Waals surface area contributed by atoms with Gasteiger partial charge in [0.25, 0.3) is 0 Å². The van der Waals surface area contributed by atoms with E-state index in [9.17, 15) is 5.11 Å². The second-order valence-corrected chi connectivity index (χ2v) is 8.25. The first-order valence-electron chi connectivity index (χ1n) is 11.2. The van der Waals surface area contributed by atoms with E-state index in [0.717, 1.165) is 77.1 Å². The molecule has 166 valence electrons. The van der Waals surface area contributed by atoms with Gasteiger partial charge < -0.3 is 20.2 Å². The standard InChI is InChI=1S/C23H33N7O/c1-24-22(29-13-15-30(16-14-29)23-25-9-2-10-26-23)27-17-19-3-5-20(6-4-19)18-28-11-7-21(31)8-12-28/h2-6,9-10,21,31H,7-8,11-18H2,1H3,(H,24,27). The zero-order chi connectivity index (χ0) is 21.5. The molecule has 8 nitrogen and oxygen atoms in total. The Morgan fingerprint density at radius 3 is 2.29 bits per heavy atom. The Morgan fingerprint density at radius 2 is 1.65 bits per heavy atom. The third-order valence-electron chi connectivity index (χ3n) is 6.06. The smallest absolute Gasteiger partial charge is 0.225 e. The van der Waals surface area contributed by atoms with Crippen molar-refractivity contribution in [2.75, 3.05) is 51.2 Å². The van der Waals surface area contributed by atoms with Gasteiger partial charge in [-0.15, -0.1) is 0 Å². The van der Waals surface area contributed by atoms with E-state index in [1.54, 1.807) is 12.4 Å². The number of rotatable bonds is 5. The summed E-state index contributed by atoms with van der Waals surface area (Å²) >= 11 is 0. The molecule has 2 N–H and O–H groups in total. The Morgan fingerprint density at radius 1 is 1.00 bits per heavy atom. The van der Waals surface area contributed by atoms with Crippen molar-refractivity contribution in [1.82, 2.24) is 25.1 Å². The summed E-state index contributed by atoms with van der Waals surface area (Å²) in [6.45, 7) is 7.21. The van der Waals surface area contributed by atoms with Crippen LogP contribution < -0.4 is 10.2 Å². The van der Waals surface area contributed by atoms with Crippen LogP contribution in [0.25, 0.3) is 0 Å². The molecule has 2 aliphatic heterocycles. The molecule has 0 spiro atoms. The monoisotopic (exact) mass is 423 g/mol. The van der Waals surface area contributed by atoms with Gasteiger partial charge in [-0.1, -0.05) is 24.3 Å². The van der Waals surface area contributed by atoms with Crippen molar-refractivity contribution in [2.24, 2.45) is 4.99 Å². The number of nitrogens with zero attached hydrogens (tertiary/aromatic N) is 6. The van der Waals surface area contributed by atoms with E-state index in [1.807, 2.05) is 13.1 Å². The number of hydrogen-bond acceptors (Lipinski definition) is 6. The highest BCUT2D eigenvalue weighted by molar-refractivity contribution is 5.80. The minimum atomic E-state index is -0.117. The van der Waals surface area contributed by atoms with Crippen molar-refractivity contribution in [3.63, 3.8) is 0 Å². The summed E-state index contributed by atoms with van der Waals surface area (Å²) in [6.07, 6.45) is 5.23. The van der Waals surface area contributed by atoms with E-state index >= 15 is 0 Å². The maximum Gasteiger partial charge on any atom is 0.225 e. The lowest BCUT2D eigenvalue weighted by Gasteiger charge is -2.36. The Hall–Kier alpha value is -2.71. The summed E-state index contributed by atoms with van der Waals surface area (Å²) in [5.41, 5.74) is 2.57. The molecule has 0 aliphatic carbocycles. The molecule has 0 radical (unpaired) electrons. The Labute approximate surface area is 184 Å². The number of nitrogens with one attached hydrogen (secondary N) is 1. The Bertz CT molecular complexity index is 827. The fourth-order valence-corrected chi connectivity index (χ4v) is 4.18. The maximum absolute atomic E-state index is 9.66. The summed E-state index contributed by atoms with van der Waals surface area (Å²) in [5, 5.41) is 13.2. The average molecular weight is 424 g/mol. The average Bonchev–Trinajstić information content (AvgIpc) is 2.83. The van der Waals surface area contributed by atoms with Gasteiger partial charge in [0.05, 0.1) is 6.10 Å². The quantitative estimate of drug-likeness (QED) is 0.555. The second-order valence-electron chi connectivity index (χ2n) is 8.25. The normalized spacial score (nSPS) is 19.0. The first-order valence-corrected chi connectivity index (χ1v) is 11.2. The molecule has 31 heavy (non-hydrogen) atoms. The van der Waals surface area contributed by atoms with Crippen LogP contribution in [0.15, 0.2) is 47.7 Å². The predicted molar refractivity (Wildman–Crippen MR) is 123 cm³/mol. The lowest BCUT2D eigenvalue weighted by atomic mass is 10.1. The number of aliphatic imine (C=N–C) groups is 1. The third kappa shape index (κ3) is 5.92. The van der Waals surface area contributed by atoms with Gasteiger partial charge in [-0.3, -0.25) is 9.89 Å². The number of anilines is 1. The van der Waals surface area contributed by atoms with Crippen LogP contribution in [0.2, 0.25) is 0 Å². The molecule has 0 bridgehead atoms. The molecule has 2 aliphatic rings. The summed E-state index contributed by atoms with van der Waals surface area (Å²) in [4.78, 5) is 20.1. The van der Waals surface area contributed by atoms with Gasteiger partial charge >= 0.3 is 0 Å². The Kier molecular flexibility index (Phi) is 7.32. The highest BCUT2D eigenvalue weighted by atomic mass is 16.3. The number of hydrogen-bond donors (Lipinski definition) is 2. The fourth-order valence-electron chi connectivity index (χ4n) is 4.18. The topological polar surface area (TPSA) is 80.1 Å². The van der Waals surface area contributed by atoms with Crippen molar-refractivity contribution in [3.8, 4) is 0 Å². The van der Waals surface area contributed by atoms with Gasteiger partial charge in [-0.25, -0.2) is 9.97 Å². The van der Waals surface area contributed by atoms with Gasteiger partial charge in [0, 0.05) is 71.8 Å². The van der Waals surface area contributed by atoms with Crippen LogP contribution in [-0.2, 0) is 13.1 Å². The van der Waals surface area contributed by atoms with Crippen molar-refractivity contribution >= 4 is 11.9 Å². The van der Waals surface area contributed by atoms with Gasteiger partial charge in [-0.05, 0) is 30.0 Å². The number of aliphatic hydroxyl groups is 1. The SMILES string of the molecule is CN=C(NCc1ccc(CN2CCC(O)CC2)cc1)N1CCN(c2ncccn2)CC1. The zero-order valence-corrected chi connectivity index (χ0v) is 18.3. The second kappa shape index (κ2) is 10.5. The lowest BCUT2D eigenvalue weighted by Crippen LogP contribution is -2.52. The van der Waals surface area contributed by atoms with E-state index in [1.165, 1.54) is 11.1 Å². The number of piperazine rings is 1. The largest absolute Gasteiger partial charge is 0.393 e. The molecule has 0 unspecified atom stereocenters. The molecular formula is C23H33N7O. The molecule has 1 aromatic carbocycles. The van der Waals surface area contributed by atoms with Gasteiger partial charge in [0.2, 0.25) is 5.95 Å². The Balaban J connectivity index is 1.23. The molecule has 1 aromatic heterocycles. The highest BCUT2D eigenvalue weighted by Crippen LogP contribution is 2.15. The van der Waals surface area contributed by atoms with Gasteiger partial charge in [0.15, 0.2) is 5.96 Å². The van der Waals surface area contributed by atoms with Crippen LogP contribution in [0.3, 0.4) is 0 Å². The number of likely N-dealkylation sites (tertiary alicyclic amines) is 1. The van der Waals surface area contributed by atoms with Crippen LogP contribution >= 0.6 is 0 Å². The molecule has 4 rings (SSSR count). The van der Waals surface area contributed by atoms with Crippen LogP contribution in [0.4, 0.5) is 5.95 Å². The van der Waals surface area contributed by atoms with Crippen LogP contribution in [0.1, 0.15) is 24.0 Å². The number of piperidine rings is 1. The van der Waals surface area contributed by atoms with E-state index in [0.29, 0.717) is 0 Å². The lowest BCUT2D eigenvalue weighted by molar-refractivity contribution is 0.0792. The minimum absolute atomic E-state index is 0.117. The fraction of sp³-hybridized carbons (Fsp3) is 0.522. The van der Waals surface area contributed by atoms with Crippen molar-refractivity contribution < 1.29 is 5.11 Å². The third-order valence-corrected chi connectivity index (χ3v) is 6.06. The number of guanidine groups is 1. The van der Waals surface area contributed by atoms with Crippen molar-refractivity contribution in [2.45, 2.75) is 32.0 Å². The predicted octanol–water partition coefficient (Wildman–Crippen LogP) is 1.33. The molecular weight excluding hydrogens is 390 g/mol. The van der Waals surface area contributed by atoms with Crippen molar-refractivity contribution in [3.05, 3.63) is 53.9 Å². The maximum atomic E-state index is 9.66. The van der Waals surface area contributed by atoms with Crippen LogP contribution in [0.5, 0.6) is 0 Å². The minimum Gasteiger partial charge on any atom is -0.393 e. The first kappa shape index (κ1) is 21.5. The first-order chi connectivity index (χ1) is 15.2. The molecule has 3 heterocycles. The molecule has 0 atom stereocenters. The highest BCUT2D eigenvalue weighted by Gasteiger charge is 2.21. The van der Waals surface area contributed by atoms with Crippen LogP contribution in [-0.4, -0.2) is 83.3 Å². The summed E-state index contributed by atoms with van der Waals surface area (Å²) < 4.78 is 0. The summed E-state index contributed by atoms with van der Waals surface area (Å²) in [6, 6.07) is 10.7. The number of aliphatic hydroxyl groups excluding tert-OH is 1. The molecule has 0 saturated carbocycles. The number of aromatic nitrogens is 2.